The van der Waals surface area contributed by atoms with E-state index in [1.807, 2.05) is 19.9 Å². The highest BCUT2D eigenvalue weighted by atomic mass is 16.3. The molecule has 0 saturated carbocycles. The predicted molar refractivity (Wildman–Crippen MR) is 37.9 cm³/mol. The number of carbonyl (C=O) groups excluding carboxylic acids is 1. The van der Waals surface area contributed by atoms with Crippen molar-refractivity contribution < 1.29 is 9.21 Å². The predicted octanol–water partition coefficient (Wildman–Crippen LogP) is 1.89. The van der Waals surface area contributed by atoms with Crippen LogP contribution in [0.5, 0.6) is 0 Å². The number of rotatable bonds is 2. The van der Waals surface area contributed by atoms with Crippen LogP contribution in [0.15, 0.2) is 16.7 Å². The highest BCUT2D eigenvalue weighted by Crippen LogP contribution is 2.17. The molecule has 0 spiro atoms. The van der Waals surface area contributed by atoms with E-state index in [1.165, 1.54) is 0 Å². The van der Waals surface area contributed by atoms with Gasteiger partial charge in [-0.1, -0.05) is 0 Å². The monoisotopic (exact) mass is 138 g/mol. The zero-order valence-electron chi connectivity index (χ0n) is 6.13. The molecule has 0 aliphatic rings. The van der Waals surface area contributed by atoms with Gasteiger partial charge in [-0.15, -0.1) is 0 Å². The average molecular weight is 138 g/mol. The third-order valence-corrected chi connectivity index (χ3v) is 1.52. The van der Waals surface area contributed by atoms with Crippen LogP contribution >= 0.6 is 0 Å². The second-order valence-corrected chi connectivity index (χ2v) is 2.39. The van der Waals surface area contributed by atoms with Gasteiger partial charge in [-0.25, -0.2) is 0 Å². The summed E-state index contributed by atoms with van der Waals surface area (Å²) in [6, 6.07) is 1.86. The van der Waals surface area contributed by atoms with Crippen LogP contribution in [0.2, 0.25) is 0 Å². The first-order valence-electron chi connectivity index (χ1n) is 3.25. The molecule has 0 bridgehead atoms. The molecule has 0 saturated heterocycles. The molecule has 1 aromatic heterocycles. The third kappa shape index (κ3) is 1.10. The average Bonchev–Trinajstić information content (AvgIpc) is 2.34. The summed E-state index contributed by atoms with van der Waals surface area (Å²) in [6.45, 7) is 3.75. The largest absolute Gasteiger partial charge is 0.468 e. The van der Waals surface area contributed by atoms with Crippen LogP contribution in [0, 0.1) is 6.92 Å². The minimum absolute atomic E-state index is 0.116. The minimum atomic E-state index is -0.116. The molecule has 2 nitrogen and oxygen atoms in total. The Bertz CT molecular complexity index is 225. The van der Waals surface area contributed by atoms with Crippen LogP contribution in [-0.4, -0.2) is 6.29 Å². The van der Waals surface area contributed by atoms with E-state index in [2.05, 4.69) is 0 Å². The molecular weight excluding hydrogens is 128 g/mol. The molecule has 2 heteroatoms. The zero-order chi connectivity index (χ0) is 7.56. The first kappa shape index (κ1) is 7.06. The number of aldehydes is 1. The zero-order valence-corrected chi connectivity index (χ0v) is 6.13. The molecule has 1 heterocycles. The van der Waals surface area contributed by atoms with Crippen LogP contribution in [-0.2, 0) is 4.79 Å². The lowest BCUT2D eigenvalue weighted by Crippen LogP contribution is -1.93. The lowest BCUT2D eigenvalue weighted by molar-refractivity contribution is -0.109. The van der Waals surface area contributed by atoms with Gasteiger partial charge >= 0.3 is 0 Å². The summed E-state index contributed by atoms with van der Waals surface area (Å²) < 4.78 is 5.09. The summed E-state index contributed by atoms with van der Waals surface area (Å²) in [5, 5.41) is 0. The second kappa shape index (κ2) is 2.69. The topological polar surface area (TPSA) is 30.2 Å². The Morgan fingerprint density at radius 1 is 1.70 bits per heavy atom. The summed E-state index contributed by atoms with van der Waals surface area (Å²) in [6.07, 6.45) is 2.48. The molecule has 0 aliphatic heterocycles. The molecule has 0 radical (unpaired) electrons. The molecule has 0 amide bonds. The molecule has 10 heavy (non-hydrogen) atoms. The maximum Gasteiger partial charge on any atom is 0.130 e. The first-order chi connectivity index (χ1) is 4.75. The lowest BCUT2D eigenvalue weighted by Gasteiger charge is -1.98. The standard InChI is InChI=1S/C8H10O2/c1-6-3-4-10-8(6)7(2)5-9/h3-5,7H,1-2H3. The van der Waals surface area contributed by atoms with Gasteiger partial charge in [-0.05, 0) is 25.5 Å². The van der Waals surface area contributed by atoms with E-state index in [1.54, 1.807) is 6.26 Å². The number of hydrogen-bond donors (Lipinski definition) is 0. The van der Waals surface area contributed by atoms with Gasteiger partial charge in [0.25, 0.3) is 0 Å². The van der Waals surface area contributed by atoms with Gasteiger partial charge < -0.3 is 9.21 Å². The molecule has 0 aliphatic carbocycles. The van der Waals surface area contributed by atoms with Crippen LogP contribution < -0.4 is 0 Å². The summed E-state index contributed by atoms with van der Waals surface area (Å²) in [4.78, 5) is 10.3. The van der Waals surface area contributed by atoms with E-state index >= 15 is 0 Å². The van der Waals surface area contributed by atoms with Crippen molar-refractivity contribution in [3.05, 3.63) is 23.7 Å². The smallest absolute Gasteiger partial charge is 0.130 e. The molecular formula is C8H10O2. The number of aryl methyl sites for hydroxylation is 1. The van der Waals surface area contributed by atoms with E-state index in [9.17, 15) is 4.79 Å². The Hall–Kier alpha value is -1.05. The van der Waals surface area contributed by atoms with Crippen LogP contribution in [0.3, 0.4) is 0 Å². The number of carbonyl (C=O) groups is 1. The molecule has 1 unspecified atom stereocenters. The van der Waals surface area contributed by atoms with Crippen LogP contribution in [0.25, 0.3) is 0 Å². The summed E-state index contributed by atoms with van der Waals surface area (Å²) in [7, 11) is 0. The van der Waals surface area contributed by atoms with Crippen molar-refractivity contribution in [1.29, 1.82) is 0 Å². The highest BCUT2D eigenvalue weighted by molar-refractivity contribution is 5.60. The van der Waals surface area contributed by atoms with Gasteiger partial charge in [0.2, 0.25) is 0 Å². The molecule has 1 aromatic rings. The van der Waals surface area contributed by atoms with Gasteiger partial charge in [-0.2, -0.15) is 0 Å². The molecule has 54 valence electrons. The molecule has 0 aromatic carbocycles. The number of hydrogen-bond acceptors (Lipinski definition) is 2. The van der Waals surface area contributed by atoms with Crippen LogP contribution in [0.4, 0.5) is 0 Å². The fraction of sp³-hybridized carbons (Fsp3) is 0.375. The van der Waals surface area contributed by atoms with Crippen molar-refractivity contribution in [1.82, 2.24) is 0 Å². The quantitative estimate of drug-likeness (QED) is 0.584. The Morgan fingerprint density at radius 2 is 2.40 bits per heavy atom. The third-order valence-electron chi connectivity index (χ3n) is 1.52. The van der Waals surface area contributed by atoms with Crippen molar-refractivity contribution in [2.24, 2.45) is 0 Å². The van der Waals surface area contributed by atoms with E-state index in [-0.39, 0.29) is 5.92 Å². The van der Waals surface area contributed by atoms with Crippen molar-refractivity contribution in [2.45, 2.75) is 19.8 Å². The Labute approximate surface area is 59.8 Å². The maximum atomic E-state index is 10.3. The maximum absolute atomic E-state index is 10.3. The van der Waals surface area contributed by atoms with E-state index in [0.717, 1.165) is 17.6 Å². The van der Waals surface area contributed by atoms with Crippen molar-refractivity contribution in [2.75, 3.05) is 0 Å². The summed E-state index contributed by atoms with van der Waals surface area (Å²) in [5.41, 5.74) is 1.04. The fourth-order valence-electron chi connectivity index (χ4n) is 0.913. The van der Waals surface area contributed by atoms with E-state index in [4.69, 9.17) is 4.42 Å². The van der Waals surface area contributed by atoms with Gasteiger partial charge in [-0.3, -0.25) is 0 Å². The van der Waals surface area contributed by atoms with E-state index < -0.39 is 0 Å². The van der Waals surface area contributed by atoms with Gasteiger partial charge in [0, 0.05) is 0 Å². The van der Waals surface area contributed by atoms with Crippen LogP contribution in [0.1, 0.15) is 24.2 Å². The SMILES string of the molecule is Cc1ccoc1C(C)C=O. The lowest BCUT2D eigenvalue weighted by atomic mass is 10.1. The molecule has 0 N–H and O–H groups in total. The molecule has 0 fully saturated rings. The molecule has 1 atom stereocenters. The fourth-order valence-corrected chi connectivity index (χ4v) is 0.913. The van der Waals surface area contributed by atoms with Crippen molar-refractivity contribution >= 4 is 6.29 Å². The van der Waals surface area contributed by atoms with Gasteiger partial charge in [0.15, 0.2) is 0 Å². The highest BCUT2D eigenvalue weighted by Gasteiger charge is 2.09. The Kier molecular flexibility index (Phi) is 1.90. The summed E-state index contributed by atoms with van der Waals surface area (Å²) in [5.74, 6) is 0.657. The second-order valence-electron chi connectivity index (χ2n) is 2.39. The number of furan rings is 1. The molecule has 1 rings (SSSR count). The summed E-state index contributed by atoms with van der Waals surface area (Å²) >= 11 is 0. The Morgan fingerprint density at radius 3 is 2.80 bits per heavy atom. The Balaban J connectivity index is 2.92. The van der Waals surface area contributed by atoms with Crippen molar-refractivity contribution in [3.63, 3.8) is 0 Å². The first-order valence-corrected chi connectivity index (χ1v) is 3.25. The van der Waals surface area contributed by atoms with Crippen molar-refractivity contribution in [3.8, 4) is 0 Å². The minimum Gasteiger partial charge on any atom is -0.468 e. The van der Waals surface area contributed by atoms with Gasteiger partial charge in [0.05, 0.1) is 12.2 Å². The van der Waals surface area contributed by atoms with Gasteiger partial charge in [0.1, 0.15) is 12.0 Å². The van der Waals surface area contributed by atoms with E-state index in [0.29, 0.717) is 0 Å². The normalized spacial score (nSPS) is 13.0.